The zero-order valence-electron chi connectivity index (χ0n) is 23.2. The summed E-state index contributed by atoms with van der Waals surface area (Å²) in [6, 6.07) is 22.1. The second-order valence-corrected chi connectivity index (χ2v) is 10.2. The van der Waals surface area contributed by atoms with E-state index in [9.17, 15) is 4.79 Å². The van der Waals surface area contributed by atoms with Crippen LogP contribution in [0.5, 0.6) is 5.75 Å². The standard InChI is InChI=1S/C32H35N5O3/c1-4-5-9-26(33-25-13-11-23(12-14-25)28(38)15-16-31-34-36-37-35-31)20-39-27-17-21(2)32(22(3)18-27)30-19-24-8-6-7-10-29(24)40-30/h6-8,10-14,17-19,26,33H,4-5,9,15-16,20H2,1-3H3,(H,34,35,36,37)/t26-/m0/s1. The quantitative estimate of drug-likeness (QED) is 0.154. The maximum absolute atomic E-state index is 12.6. The van der Waals surface area contributed by atoms with E-state index < -0.39 is 0 Å². The zero-order valence-corrected chi connectivity index (χ0v) is 23.2. The van der Waals surface area contributed by atoms with Crippen molar-refractivity contribution in [1.82, 2.24) is 20.6 Å². The maximum Gasteiger partial charge on any atom is 0.175 e. The van der Waals surface area contributed by atoms with E-state index in [2.05, 4.69) is 71.0 Å². The number of ether oxygens (including phenoxy) is 1. The van der Waals surface area contributed by atoms with Crippen molar-refractivity contribution in [1.29, 1.82) is 0 Å². The summed E-state index contributed by atoms with van der Waals surface area (Å²) in [6.07, 6.45) is 3.99. The maximum atomic E-state index is 12.6. The lowest BCUT2D eigenvalue weighted by Crippen LogP contribution is -2.27. The fourth-order valence-corrected chi connectivity index (χ4v) is 4.99. The third kappa shape index (κ3) is 6.57. The van der Waals surface area contributed by atoms with Crippen LogP contribution in [0.4, 0.5) is 5.69 Å². The molecule has 2 heterocycles. The van der Waals surface area contributed by atoms with Gasteiger partial charge in [0.2, 0.25) is 0 Å². The third-order valence-electron chi connectivity index (χ3n) is 7.08. The summed E-state index contributed by atoms with van der Waals surface area (Å²) in [4.78, 5) is 12.6. The first kappa shape index (κ1) is 27.1. The van der Waals surface area contributed by atoms with Crippen LogP contribution >= 0.6 is 0 Å². The number of rotatable bonds is 13. The molecule has 3 aromatic carbocycles. The molecule has 206 valence electrons. The molecule has 0 radical (unpaired) electrons. The topological polar surface area (TPSA) is 106 Å². The Hall–Kier alpha value is -4.46. The fourth-order valence-electron chi connectivity index (χ4n) is 4.99. The Morgan fingerprint density at radius 1 is 1.05 bits per heavy atom. The summed E-state index contributed by atoms with van der Waals surface area (Å²) < 4.78 is 12.4. The van der Waals surface area contributed by atoms with E-state index in [4.69, 9.17) is 9.15 Å². The van der Waals surface area contributed by atoms with Crippen molar-refractivity contribution in [2.24, 2.45) is 0 Å². The highest BCUT2D eigenvalue weighted by molar-refractivity contribution is 5.96. The number of hydrogen-bond donors (Lipinski definition) is 2. The Labute approximate surface area is 234 Å². The van der Waals surface area contributed by atoms with Crippen molar-refractivity contribution < 1.29 is 13.9 Å². The van der Waals surface area contributed by atoms with Crippen LogP contribution < -0.4 is 10.1 Å². The van der Waals surface area contributed by atoms with Gasteiger partial charge in [-0.25, -0.2) is 0 Å². The number of ketones is 1. The summed E-state index contributed by atoms with van der Waals surface area (Å²) >= 11 is 0. The number of fused-ring (bicyclic) bond motifs is 1. The molecule has 2 aromatic heterocycles. The predicted octanol–water partition coefficient (Wildman–Crippen LogP) is 7.09. The number of furan rings is 1. The number of Topliss-reactive ketones (excluding diaryl/α,β-unsaturated/α-hetero) is 1. The fraction of sp³-hybridized carbons (Fsp3) is 0.312. The number of benzene rings is 3. The lowest BCUT2D eigenvalue weighted by atomic mass is 10.00. The number of carbonyl (C=O) groups is 1. The summed E-state index contributed by atoms with van der Waals surface area (Å²) in [5, 5.41) is 18.4. The largest absolute Gasteiger partial charge is 0.491 e. The molecule has 1 atom stereocenters. The Bertz CT molecular complexity index is 1500. The second-order valence-electron chi connectivity index (χ2n) is 10.2. The number of anilines is 1. The van der Waals surface area contributed by atoms with Gasteiger partial charge < -0.3 is 14.5 Å². The molecule has 5 rings (SSSR count). The highest BCUT2D eigenvalue weighted by Crippen LogP contribution is 2.34. The number of aromatic amines is 1. The summed E-state index contributed by atoms with van der Waals surface area (Å²) in [6.45, 7) is 6.92. The predicted molar refractivity (Wildman–Crippen MR) is 157 cm³/mol. The van der Waals surface area contributed by atoms with Gasteiger partial charge >= 0.3 is 0 Å². The molecule has 0 bridgehead atoms. The molecule has 0 aliphatic carbocycles. The Kier molecular flexibility index (Phi) is 8.54. The first-order chi connectivity index (χ1) is 19.5. The number of carbonyl (C=O) groups excluding carboxylic acids is 1. The molecule has 0 amide bonds. The van der Waals surface area contributed by atoms with E-state index in [1.165, 1.54) is 0 Å². The van der Waals surface area contributed by atoms with Gasteiger partial charge in [0.25, 0.3) is 0 Å². The molecule has 2 N–H and O–H groups in total. The number of aromatic nitrogens is 4. The van der Waals surface area contributed by atoms with Crippen LogP contribution in [0.15, 0.2) is 71.1 Å². The smallest absolute Gasteiger partial charge is 0.175 e. The van der Waals surface area contributed by atoms with Gasteiger partial charge in [-0.3, -0.25) is 4.79 Å². The van der Waals surface area contributed by atoms with Crippen LogP contribution in [-0.2, 0) is 6.42 Å². The number of aryl methyl sites for hydroxylation is 3. The molecule has 0 unspecified atom stereocenters. The molecule has 40 heavy (non-hydrogen) atoms. The van der Waals surface area contributed by atoms with Gasteiger partial charge in [-0.05, 0) is 79.9 Å². The second kappa shape index (κ2) is 12.6. The lowest BCUT2D eigenvalue weighted by Gasteiger charge is -2.21. The zero-order chi connectivity index (χ0) is 27.9. The Morgan fingerprint density at radius 2 is 1.82 bits per heavy atom. The number of hydrogen-bond acceptors (Lipinski definition) is 7. The lowest BCUT2D eigenvalue weighted by molar-refractivity contribution is 0.0982. The SMILES string of the molecule is CCCC[C@@H](COc1cc(C)c(-c2cc3ccccc3o2)c(C)c1)Nc1ccc(C(=O)CCc2nn[nH]n2)cc1. The molecule has 0 aliphatic heterocycles. The van der Waals surface area contributed by atoms with Gasteiger partial charge in [0.1, 0.15) is 23.7 Å². The third-order valence-corrected chi connectivity index (χ3v) is 7.08. The molecule has 0 saturated carbocycles. The summed E-state index contributed by atoms with van der Waals surface area (Å²) in [7, 11) is 0. The molecule has 0 fully saturated rings. The van der Waals surface area contributed by atoms with Gasteiger partial charge in [-0.1, -0.05) is 43.2 Å². The van der Waals surface area contributed by atoms with Gasteiger partial charge in [0.05, 0.1) is 6.04 Å². The minimum absolute atomic E-state index is 0.0547. The minimum Gasteiger partial charge on any atom is -0.491 e. The van der Waals surface area contributed by atoms with Crippen molar-refractivity contribution in [2.75, 3.05) is 11.9 Å². The summed E-state index contributed by atoms with van der Waals surface area (Å²) in [5.41, 5.74) is 5.87. The van der Waals surface area contributed by atoms with Crippen LogP contribution in [0, 0.1) is 13.8 Å². The number of nitrogens with zero attached hydrogens (tertiary/aromatic N) is 3. The molecular formula is C32H35N5O3. The molecule has 0 aliphatic rings. The Balaban J connectivity index is 1.22. The molecule has 8 nitrogen and oxygen atoms in total. The molecular weight excluding hydrogens is 502 g/mol. The average Bonchev–Trinajstić information content (AvgIpc) is 3.63. The van der Waals surface area contributed by atoms with Crippen molar-refractivity contribution >= 4 is 22.4 Å². The van der Waals surface area contributed by atoms with Crippen LogP contribution in [-0.4, -0.2) is 39.1 Å². The normalized spacial score (nSPS) is 12.0. The number of nitrogens with one attached hydrogen (secondary N) is 2. The van der Waals surface area contributed by atoms with E-state index in [-0.39, 0.29) is 11.8 Å². The van der Waals surface area contributed by atoms with Crippen molar-refractivity contribution in [3.8, 4) is 17.1 Å². The van der Waals surface area contributed by atoms with Crippen LogP contribution in [0.3, 0.4) is 0 Å². The minimum atomic E-state index is 0.0547. The van der Waals surface area contributed by atoms with Gasteiger partial charge in [-0.15, -0.1) is 10.2 Å². The van der Waals surface area contributed by atoms with Crippen LogP contribution in [0.25, 0.3) is 22.3 Å². The van der Waals surface area contributed by atoms with E-state index in [0.29, 0.717) is 30.8 Å². The van der Waals surface area contributed by atoms with Crippen molar-refractivity contribution in [3.05, 3.63) is 89.2 Å². The molecule has 0 spiro atoms. The van der Waals surface area contributed by atoms with Gasteiger partial charge in [0.15, 0.2) is 11.6 Å². The first-order valence-electron chi connectivity index (χ1n) is 13.8. The molecule has 5 aromatic rings. The molecule has 8 heteroatoms. The summed E-state index contributed by atoms with van der Waals surface area (Å²) in [5.74, 6) is 2.32. The van der Waals surface area contributed by atoms with E-state index in [1.54, 1.807) is 0 Å². The van der Waals surface area contributed by atoms with Gasteiger partial charge in [0, 0.05) is 35.0 Å². The number of unbranched alkanes of at least 4 members (excludes halogenated alkanes) is 1. The van der Waals surface area contributed by atoms with Gasteiger partial charge in [-0.2, -0.15) is 5.21 Å². The van der Waals surface area contributed by atoms with E-state index in [0.717, 1.165) is 64.1 Å². The van der Waals surface area contributed by atoms with Crippen LogP contribution in [0.1, 0.15) is 59.9 Å². The van der Waals surface area contributed by atoms with E-state index >= 15 is 0 Å². The van der Waals surface area contributed by atoms with Crippen LogP contribution in [0.2, 0.25) is 0 Å². The number of H-pyrrole nitrogens is 1. The van der Waals surface area contributed by atoms with E-state index in [1.807, 2.05) is 42.5 Å². The van der Waals surface area contributed by atoms with Crippen molar-refractivity contribution in [2.45, 2.75) is 58.9 Å². The molecule has 0 saturated heterocycles. The first-order valence-corrected chi connectivity index (χ1v) is 13.8. The number of para-hydroxylation sites is 1. The highest BCUT2D eigenvalue weighted by Gasteiger charge is 2.15. The monoisotopic (exact) mass is 537 g/mol. The highest BCUT2D eigenvalue weighted by atomic mass is 16.5. The van der Waals surface area contributed by atoms with Crippen molar-refractivity contribution in [3.63, 3.8) is 0 Å². The number of tetrazole rings is 1. The average molecular weight is 538 g/mol. The Morgan fingerprint density at radius 3 is 2.52 bits per heavy atom.